The molecule has 0 radical (unpaired) electrons. The first-order valence-electron chi connectivity index (χ1n) is 7.09. The number of aromatic nitrogens is 2. The second kappa shape index (κ2) is 8.21. The van der Waals surface area contributed by atoms with Crippen molar-refractivity contribution in [3.63, 3.8) is 0 Å². The Labute approximate surface area is 125 Å². The first-order chi connectivity index (χ1) is 10.3. The minimum atomic E-state index is 0.355. The lowest BCUT2D eigenvalue weighted by Crippen LogP contribution is -2.15. The summed E-state index contributed by atoms with van der Waals surface area (Å²) in [4.78, 5) is 8.31. The number of nitrogens with zero attached hydrogens (tertiary/aromatic N) is 2. The molecule has 21 heavy (non-hydrogen) atoms. The molecule has 0 unspecified atom stereocenters. The second-order valence-electron chi connectivity index (χ2n) is 4.60. The predicted octanol–water partition coefficient (Wildman–Crippen LogP) is 2.56. The SMILES string of the molecule is CCCNCc1cc(OC)ccc1OCc1ncccn1. The van der Waals surface area contributed by atoms with E-state index >= 15 is 0 Å². The highest BCUT2D eigenvalue weighted by Gasteiger charge is 2.07. The van der Waals surface area contributed by atoms with Crippen LogP contribution in [0.3, 0.4) is 0 Å². The van der Waals surface area contributed by atoms with E-state index in [9.17, 15) is 0 Å². The Morgan fingerprint density at radius 1 is 1.19 bits per heavy atom. The van der Waals surface area contributed by atoms with E-state index in [-0.39, 0.29) is 0 Å². The van der Waals surface area contributed by atoms with E-state index in [1.54, 1.807) is 25.6 Å². The van der Waals surface area contributed by atoms with E-state index in [4.69, 9.17) is 9.47 Å². The van der Waals surface area contributed by atoms with E-state index in [0.29, 0.717) is 12.4 Å². The summed E-state index contributed by atoms with van der Waals surface area (Å²) >= 11 is 0. The van der Waals surface area contributed by atoms with Crippen LogP contribution in [0.5, 0.6) is 11.5 Å². The smallest absolute Gasteiger partial charge is 0.166 e. The average molecular weight is 287 g/mol. The van der Waals surface area contributed by atoms with Crippen LogP contribution in [0.2, 0.25) is 0 Å². The maximum absolute atomic E-state index is 5.83. The van der Waals surface area contributed by atoms with Gasteiger partial charge in [-0.3, -0.25) is 0 Å². The topological polar surface area (TPSA) is 56.3 Å². The maximum Gasteiger partial charge on any atom is 0.166 e. The van der Waals surface area contributed by atoms with Crippen LogP contribution in [-0.2, 0) is 13.2 Å². The van der Waals surface area contributed by atoms with Crippen molar-refractivity contribution in [3.05, 3.63) is 48.0 Å². The van der Waals surface area contributed by atoms with Gasteiger partial charge in [0, 0.05) is 24.5 Å². The van der Waals surface area contributed by atoms with Crippen LogP contribution < -0.4 is 14.8 Å². The molecule has 1 N–H and O–H groups in total. The maximum atomic E-state index is 5.83. The van der Waals surface area contributed by atoms with Crippen molar-refractivity contribution in [1.29, 1.82) is 0 Å². The summed E-state index contributed by atoms with van der Waals surface area (Å²) in [7, 11) is 1.66. The standard InChI is InChI=1S/C16H21N3O2/c1-3-7-17-11-13-10-14(20-2)5-6-15(13)21-12-16-18-8-4-9-19-16/h4-6,8-10,17H,3,7,11-12H2,1-2H3. The molecular weight excluding hydrogens is 266 g/mol. The Bertz CT molecular complexity index is 546. The Morgan fingerprint density at radius 3 is 2.71 bits per heavy atom. The molecule has 0 atom stereocenters. The number of hydrogen-bond acceptors (Lipinski definition) is 5. The van der Waals surface area contributed by atoms with Crippen molar-refractivity contribution in [2.75, 3.05) is 13.7 Å². The summed E-state index contributed by atoms with van der Waals surface area (Å²) in [5.74, 6) is 2.32. The summed E-state index contributed by atoms with van der Waals surface area (Å²) in [5, 5.41) is 3.37. The largest absolute Gasteiger partial charge is 0.497 e. The Kier molecular flexibility index (Phi) is 5.97. The van der Waals surface area contributed by atoms with Crippen molar-refractivity contribution in [2.24, 2.45) is 0 Å². The van der Waals surface area contributed by atoms with Gasteiger partial charge >= 0.3 is 0 Å². The Hall–Kier alpha value is -2.14. The first-order valence-corrected chi connectivity index (χ1v) is 7.09. The number of methoxy groups -OCH3 is 1. The van der Waals surface area contributed by atoms with Crippen LogP contribution in [0.1, 0.15) is 24.7 Å². The van der Waals surface area contributed by atoms with Crippen LogP contribution in [0.15, 0.2) is 36.7 Å². The fourth-order valence-electron chi connectivity index (χ4n) is 1.91. The van der Waals surface area contributed by atoms with Gasteiger partial charge in [-0.05, 0) is 37.2 Å². The first kappa shape index (κ1) is 15.3. The zero-order valence-electron chi connectivity index (χ0n) is 12.5. The molecule has 0 spiro atoms. The van der Waals surface area contributed by atoms with E-state index in [2.05, 4.69) is 22.2 Å². The predicted molar refractivity (Wildman–Crippen MR) is 81.4 cm³/mol. The molecule has 0 aliphatic rings. The van der Waals surface area contributed by atoms with Gasteiger partial charge in [-0.15, -0.1) is 0 Å². The third kappa shape index (κ3) is 4.72. The van der Waals surface area contributed by atoms with Crippen LogP contribution in [0.25, 0.3) is 0 Å². The lowest BCUT2D eigenvalue weighted by molar-refractivity contribution is 0.291. The molecular formula is C16H21N3O2. The number of rotatable bonds is 8. The molecule has 0 fully saturated rings. The van der Waals surface area contributed by atoms with Gasteiger partial charge in [-0.2, -0.15) is 0 Å². The minimum absolute atomic E-state index is 0.355. The quantitative estimate of drug-likeness (QED) is 0.756. The molecule has 0 amide bonds. The van der Waals surface area contributed by atoms with E-state index in [1.165, 1.54) is 0 Å². The van der Waals surface area contributed by atoms with Gasteiger partial charge in [-0.25, -0.2) is 9.97 Å². The van der Waals surface area contributed by atoms with Gasteiger partial charge in [0.05, 0.1) is 7.11 Å². The number of hydrogen-bond donors (Lipinski definition) is 1. The second-order valence-corrected chi connectivity index (χ2v) is 4.60. The van der Waals surface area contributed by atoms with Crippen molar-refractivity contribution in [3.8, 4) is 11.5 Å². The Morgan fingerprint density at radius 2 is 2.00 bits per heavy atom. The average Bonchev–Trinajstić information content (AvgIpc) is 2.54. The van der Waals surface area contributed by atoms with Crippen LogP contribution in [0, 0.1) is 0 Å². The van der Waals surface area contributed by atoms with Crippen LogP contribution in [-0.4, -0.2) is 23.6 Å². The van der Waals surface area contributed by atoms with E-state index in [1.807, 2.05) is 18.2 Å². The highest BCUT2D eigenvalue weighted by atomic mass is 16.5. The molecule has 1 heterocycles. The summed E-state index contributed by atoms with van der Waals surface area (Å²) in [5.41, 5.74) is 1.07. The minimum Gasteiger partial charge on any atom is -0.497 e. The molecule has 1 aromatic heterocycles. The molecule has 2 aromatic rings. The summed E-state index contributed by atoms with van der Waals surface area (Å²) < 4.78 is 11.1. The van der Waals surface area contributed by atoms with Crippen molar-refractivity contribution < 1.29 is 9.47 Å². The van der Waals surface area contributed by atoms with Gasteiger partial charge in [0.2, 0.25) is 0 Å². The zero-order chi connectivity index (χ0) is 14.9. The Balaban J connectivity index is 2.05. The molecule has 2 rings (SSSR count). The highest BCUT2D eigenvalue weighted by molar-refractivity contribution is 5.40. The van der Waals surface area contributed by atoms with E-state index in [0.717, 1.165) is 36.6 Å². The molecule has 0 saturated carbocycles. The monoisotopic (exact) mass is 287 g/mol. The molecule has 0 aliphatic heterocycles. The van der Waals surface area contributed by atoms with Gasteiger partial charge in [0.15, 0.2) is 5.82 Å². The molecule has 0 aliphatic carbocycles. The molecule has 0 bridgehead atoms. The molecule has 5 heteroatoms. The number of benzene rings is 1. The fraction of sp³-hybridized carbons (Fsp3) is 0.375. The summed E-state index contributed by atoms with van der Waals surface area (Å²) in [6.07, 6.45) is 4.52. The summed E-state index contributed by atoms with van der Waals surface area (Å²) in [6.45, 7) is 4.21. The van der Waals surface area contributed by atoms with E-state index < -0.39 is 0 Å². The third-order valence-electron chi connectivity index (χ3n) is 2.99. The molecule has 1 aromatic carbocycles. The molecule has 5 nitrogen and oxygen atoms in total. The van der Waals surface area contributed by atoms with Crippen LogP contribution >= 0.6 is 0 Å². The van der Waals surface area contributed by atoms with Crippen molar-refractivity contribution in [2.45, 2.75) is 26.5 Å². The summed E-state index contributed by atoms with van der Waals surface area (Å²) in [6, 6.07) is 7.59. The van der Waals surface area contributed by atoms with Gasteiger partial charge in [0.25, 0.3) is 0 Å². The molecule has 0 saturated heterocycles. The fourth-order valence-corrected chi connectivity index (χ4v) is 1.91. The number of nitrogens with one attached hydrogen (secondary N) is 1. The zero-order valence-corrected chi connectivity index (χ0v) is 12.5. The lowest BCUT2D eigenvalue weighted by Gasteiger charge is -2.13. The van der Waals surface area contributed by atoms with Crippen molar-refractivity contribution >= 4 is 0 Å². The van der Waals surface area contributed by atoms with Crippen molar-refractivity contribution in [1.82, 2.24) is 15.3 Å². The lowest BCUT2D eigenvalue weighted by atomic mass is 10.2. The third-order valence-corrected chi connectivity index (χ3v) is 2.99. The molecule has 112 valence electrons. The normalized spacial score (nSPS) is 10.4. The highest BCUT2D eigenvalue weighted by Crippen LogP contribution is 2.24. The number of ether oxygens (including phenoxy) is 2. The van der Waals surface area contributed by atoms with Gasteiger partial charge in [-0.1, -0.05) is 6.92 Å². The van der Waals surface area contributed by atoms with Crippen LogP contribution in [0.4, 0.5) is 0 Å². The van der Waals surface area contributed by atoms with Gasteiger partial charge in [0.1, 0.15) is 18.1 Å². The van der Waals surface area contributed by atoms with Gasteiger partial charge < -0.3 is 14.8 Å².